The summed E-state index contributed by atoms with van der Waals surface area (Å²) >= 11 is 0. The van der Waals surface area contributed by atoms with Gasteiger partial charge in [-0.15, -0.1) is 0 Å². The van der Waals surface area contributed by atoms with Gasteiger partial charge >= 0.3 is 0 Å². The van der Waals surface area contributed by atoms with Gasteiger partial charge in [-0.05, 0) is 37.6 Å². The molecule has 3 nitrogen and oxygen atoms in total. The van der Waals surface area contributed by atoms with Gasteiger partial charge < -0.3 is 9.30 Å². The van der Waals surface area contributed by atoms with Crippen molar-refractivity contribution in [3.8, 4) is 5.75 Å². The van der Waals surface area contributed by atoms with Crippen LogP contribution < -0.4 is 4.74 Å². The summed E-state index contributed by atoms with van der Waals surface area (Å²) in [4.78, 5) is 2.44. The van der Waals surface area contributed by atoms with E-state index in [0.29, 0.717) is 12.1 Å². The third-order valence-corrected chi connectivity index (χ3v) is 4.52. The number of nitrogens with zero attached hydrogens (tertiary/aromatic N) is 2. The smallest absolute Gasteiger partial charge is 0.129 e. The number of hydrogen-bond donors (Lipinski definition) is 0. The maximum absolute atomic E-state index is 6.28. The van der Waals surface area contributed by atoms with Crippen LogP contribution in [0.1, 0.15) is 12.0 Å². The predicted molar refractivity (Wildman–Crippen MR) is 72.1 cm³/mol. The van der Waals surface area contributed by atoms with Gasteiger partial charge in [0.05, 0.1) is 11.6 Å². The molecule has 2 atom stereocenters. The summed E-state index contributed by atoms with van der Waals surface area (Å²) in [6.45, 7) is 1.15. The molecule has 0 unspecified atom stereocenters. The molecule has 2 aromatic rings. The van der Waals surface area contributed by atoms with Crippen molar-refractivity contribution in [2.45, 2.75) is 25.0 Å². The molecular formula is C15H18N2O. The van der Waals surface area contributed by atoms with E-state index in [2.05, 4.69) is 48.0 Å². The molecule has 0 aliphatic carbocycles. The van der Waals surface area contributed by atoms with Crippen LogP contribution in [0.3, 0.4) is 0 Å². The summed E-state index contributed by atoms with van der Waals surface area (Å²) in [5.74, 6) is 1.07. The van der Waals surface area contributed by atoms with E-state index in [1.54, 1.807) is 0 Å². The van der Waals surface area contributed by atoms with Gasteiger partial charge in [-0.2, -0.15) is 0 Å². The van der Waals surface area contributed by atoms with Crippen LogP contribution >= 0.6 is 0 Å². The van der Waals surface area contributed by atoms with Crippen LogP contribution in [0, 0.1) is 0 Å². The number of fused-ring (bicyclic) bond motifs is 1. The van der Waals surface area contributed by atoms with Crippen LogP contribution in [0.5, 0.6) is 5.75 Å². The zero-order valence-electron chi connectivity index (χ0n) is 10.9. The highest BCUT2D eigenvalue weighted by molar-refractivity contribution is 5.90. The van der Waals surface area contributed by atoms with Crippen molar-refractivity contribution < 1.29 is 4.74 Å². The highest BCUT2D eigenvalue weighted by Crippen LogP contribution is 2.37. The number of benzene rings is 1. The molecule has 4 rings (SSSR count). The monoisotopic (exact) mass is 242 g/mol. The molecule has 0 radical (unpaired) electrons. The van der Waals surface area contributed by atoms with E-state index in [0.717, 1.165) is 25.1 Å². The maximum Gasteiger partial charge on any atom is 0.129 e. The highest BCUT2D eigenvalue weighted by atomic mass is 16.5. The second kappa shape index (κ2) is 3.51. The van der Waals surface area contributed by atoms with Crippen molar-refractivity contribution in [1.82, 2.24) is 9.47 Å². The van der Waals surface area contributed by atoms with Gasteiger partial charge in [0.2, 0.25) is 0 Å². The lowest BCUT2D eigenvalue weighted by molar-refractivity contribution is 0.154. The fourth-order valence-corrected chi connectivity index (χ4v) is 3.54. The molecule has 1 aromatic heterocycles. The van der Waals surface area contributed by atoms with Gasteiger partial charge in [0.15, 0.2) is 0 Å². The first-order chi connectivity index (χ1) is 8.74. The Morgan fingerprint density at radius 3 is 3.06 bits per heavy atom. The second-order valence-electron chi connectivity index (χ2n) is 5.61. The van der Waals surface area contributed by atoms with E-state index >= 15 is 0 Å². The van der Waals surface area contributed by atoms with E-state index in [4.69, 9.17) is 4.74 Å². The Bertz CT molecular complexity index is 616. The molecule has 1 aromatic carbocycles. The molecular weight excluding hydrogens is 224 g/mol. The number of likely N-dealkylation sites (tertiary alicyclic amines) is 1. The number of hydrogen-bond acceptors (Lipinski definition) is 2. The van der Waals surface area contributed by atoms with Gasteiger partial charge in [0, 0.05) is 25.2 Å². The van der Waals surface area contributed by atoms with E-state index in [1.165, 1.54) is 16.5 Å². The van der Waals surface area contributed by atoms with Crippen LogP contribution in [0.15, 0.2) is 24.4 Å². The summed E-state index contributed by atoms with van der Waals surface area (Å²) in [6.07, 6.45) is 4.88. The van der Waals surface area contributed by atoms with Crippen molar-refractivity contribution in [2.24, 2.45) is 7.05 Å². The van der Waals surface area contributed by atoms with Crippen molar-refractivity contribution in [3.63, 3.8) is 0 Å². The molecule has 0 spiro atoms. The number of rotatable bonds is 0. The molecule has 2 aliphatic rings. The largest absolute Gasteiger partial charge is 0.488 e. The first-order valence-corrected chi connectivity index (χ1v) is 6.68. The van der Waals surface area contributed by atoms with Crippen LogP contribution in [0.2, 0.25) is 0 Å². The lowest BCUT2D eigenvalue weighted by Gasteiger charge is -2.23. The fraction of sp³-hybridized carbons (Fsp3) is 0.467. The molecule has 18 heavy (non-hydrogen) atoms. The number of ether oxygens (including phenoxy) is 1. The Kier molecular flexibility index (Phi) is 2.04. The Morgan fingerprint density at radius 1 is 1.28 bits per heavy atom. The average Bonchev–Trinajstić information content (AvgIpc) is 2.80. The third-order valence-electron chi connectivity index (χ3n) is 4.52. The quantitative estimate of drug-likeness (QED) is 0.704. The van der Waals surface area contributed by atoms with Gasteiger partial charge in [-0.25, -0.2) is 0 Å². The summed E-state index contributed by atoms with van der Waals surface area (Å²) in [5, 5.41) is 1.32. The normalized spacial score (nSPS) is 27.0. The number of likely N-dealkylation sites (N-methyl/N-ethyl adjacent to an activating group) is 1. The van der Waals surface area contributed by atoms with Gasteiger partial charge in [0.1, 0.15) is 11.9 Å². The molecule has 0 saturated carbocycles. The minimum atomic E-state index is 0.360. The van der Waals surface area contributed by atoms with E-state index in [-0.39, 0.29) is 0 Å². The Balaban J connectivity index is 1.93. The predicted octanol–water partition coefficient (Wildman–Crippen LogP) is 2.19. The zero-order chi connectivity index (χ0) is 12.3. The van der Waals surface area contributed by atoms with Crippen molar-refractivity contribution in [1.29, 1.82) is 0 Å². The average molecular weight is 242 g/mol. The van der Waals surface area contributed by atoms with Crippen LogP contribution in [0.4, 0.5) is 0 Å². The van der Waals surface area contributed by atoms with Gasteiger partial charge in [0.25, 0.3) is 0 Å². The topological polar surface area (TPSA) is 17.4 Å². The van der Waals surface area contributed by atoms with E-state index in [9.17, 15) is 0 Å². The molecule has 1 fully saturated rings. The first kappa shape index (κ1) is 10.4. The summed E-state index contributed by atoms with van der Waals surface area (Å²) in [5.41, 5.74) is 2.72. The summed E-state index contributed by atoms with van der Waals surface area (Å²) in [7, 11) is 4.33. The molecule has 0 N–H and O–H groups in total. The van der Waals surface area contributed by atoms with Crippen LogP contribution in [0.25, 0.3) is 10.9 Å². The van der Waals surface area contributed by atoms with E-state index < -0.39 is 0 Å². The minimum absolute atomic E-state index is 0.360. The highest BCUT2D eigenvalue weighted by Gasteiger charge is 2.36. The molecule has 94 valence electrons. The first-order valence-electron chi connectivity index (χ1n) is 6.68. The molecule has 1 saturated heterocycles. The third kappa shape index (κ3) is 1.28. The molecule has 3 heteroatoms. The van der Waals surface area contributed by atoms with Crippen LogP contribution in [-0.2, 0) is 13.5 Å². The second-order valence-corrected chi connectivity index (χ2v) is 5.61. The summed E-state index contributed by atoms with van der Waals surface area (Å²) in [6, 6.07) is 6.92. The molecule has 3 heterocycles. The minimum Gasteiger partial charge on any atom is -0.488 e. The zero-order valence-corrected chi connectivity index (χ0v) is 10.9. The molecule has 0 bridgehead atoms. The van der Waals surface area contributed by atoms with Crippen molar-refractivity contribution in [2.75, 3.05) is 13.6 Å². The van der Waals surface area contributed by atoms with Crippen molar-refractivity contribution in [3.05, 3.63) is 30.0 Å². The Morgan fingerprint density at radius 2 is 2.17 bits per heavy atom. The lowest BCUT2D eigenvalue weighted by Crippen LogP contribution is -2.36. The molecule has 2 aliphatic heterocycles. The number of aryl methyl sites for hydroxylation is 1. The number of aromatic nitrogens is 1. The van der Waals surface area contributed by atoms with Gasteiger partial charge in [-0.3, -0.25) is 4.90 Å². The van der Waals surface area contributed by atoms with Crippen LogP contribution in [-0.4, -0.2) is 35.2 Å². The Hall–Kier alpha value is -1.48. The summed E-state index contributed by atoms with van der Waals surface area (Å²) < 4.78 is 8.50. The fourth-order valence-electron chi connectivity index (χ4n) is 3.54. The van der Waals surface area contributed by atoms with E-state index in [1.807, 2.05) is 0 Å². The van der Waals surface area contributed by atoms with Crippen molar-refractivity contribution >= 4 is 10.9 Å². The Labute approximate surface area is 107 Å². The maximum atomic E-state index is 6.28. The SMILES string of the molecule is CN1CC[C@@H]2Oc3cccc4c3c(cn4C)C[C@H]21. The lowest BCUT2D eigenvalue weighted by atomic mass is 10.0. The molecule has 0 amide bonds. The van der Waals surface area contributed by atoms with Gasteiger partial charge in [-0.1, -0.05) is 6.07 Å². The standard InChI is InChI=1S/C15H18N2O/c1-16-7-6-13-12(16)8-10-9-17(2)11-4-3-5-14(18-13)15(10)11/h3-5,9,12-13H,6-8H2,1-2H3/t12-,13+/m1/s1.